The maximum absolute atomic E-state index is 6.54. The Labute approximate surface area is 194 Å². The molecule has 0 saturated carbocycles. The van der Waals surface area contributed by atoms with Crippen LogP contribution in [-0.4, -0.2) is 39.8 Å². The minimum Gasteiger partial charge on any atom is -0.385 e. The molecule has 1 aliphatic heterocycles. The first kappa shape index (κ1) is 21.8. The van der Waals surface area contributed by atoms with Gasteiger partial charge in [0, 0.05) is 37.8 Å². The molecule has 3 aromatic rings. The quantitative estimate of drug-likeness (QED) is 0.395. The predicted octanol–water partition coefficient (Wildman–Crippen LogP) is 5.15. The number of aryl methyl sites for hydroxylation is 1. The normalized spacial score (nSPS) is 18.5. The van der Waals surface area contributed by atoms with Crippen LogP contribution in [0.4, 0.5) is 0 Å². The Balaban J connectivity index is 1.80. The number of nitrogens with zero attached hydrogens (tertiary/aromatic N) is 3. The number of benzene rings is 1. The Hall–Kier alpha value is -2.41. The fraction of sp³-hybridized carbons (Fsp3) is 0.333. The van der Waals surface area contributed by atoms with Crippen LogP contribution in [0.5, 0.6) is 0 Å². The lowest BCUT2D eigenvalue weighted by Crippen LogP contribution is -2.31. The van der Waals surface area contributed by atoms with Crippen molar-refractivity contribution in [3.63, 3.8) is 0 Å². The predicted molar refractivity (Wildman–Crippen MR) is 129 cm³/mol. The zero-order valence-corrected chi connectivity index (χ0v) is 19.6. The van der Waals surface area contributed by atoms with E-state index in [4.69, 9.17) is 28.6 Å². The second-order valence-corrected chi connectivity index (χ2v) is 8.57. The number of nitrogens with one attached hydrogen (secondary N) is 1. The number of para-hydroxylation sites is 1. The molecule has 1 N–H and O–H groups in total. The molecule has 7 heteroatoms. The van der Waals surface area contributed by atoms with Gasteiger partial charge in [0.25, 0.3) is 0 Å². The lowest BCUT2D eigenvalue weighted by molar-refractivity contribution is 0.180. The molecule has 4 rings (SSSR count). The first-order valence-corrected chi connectivity index (χ1v) is 11.2. The van der Waals surface area contributed by atoms with E-state index in [1.165, 1.54) is 5.56 Å². The van der Waals surface area contributed by atoms with Gasteiger partial charge in [0.15, 0.2) is 5.11 Å². The van der Waals surface area contributed by atoms with Crippen molar-refractivity contribution >= 4 is 28.9 Å². The number of hydrogen-bond acceptors (Lipinski definition) is 3. The minimum absolute atomic E-state index is 0.0293. The molecule has 1 saturated heterocycles. The van der Waals surface area contributed by atoms with Crippen molar-refractivity contribution in [1.29, 1.82) is 0 Å². The molecule has 162 valence electrons. The van der Waals surface area contributed by atoms with E-state index < -0.39 is 0 Å². The van der Waals surface area contributed by atoms with Crippen molar-refractivity contribution in [1.82, 2.24) is 19.8 Å². The van der Waals surface area contributed by atoms with Crippen molar-refractivity contribution < 1.29 is 4.74 Å². The maximum Gasteiger partial charge on any atom is 0.170 e. The maximum atomic E-state index is 6.54. The molecule has 0 spiro atoms. The average Bonchev–Trinajstić information content (AvgIpc) is 3.25. The van der Waals surface area contributed by atoms with Gasteiger partial charge in [-0.2, -0.15) is 0 Å². The van der Waals surface area contributed by atoms with Gasteiger partial charge in [0.05, 0.1) is 28.5 Å². The molecule has 2 atom stereocenters. The van der Waals surface area contributed by atoms with Crippen molar-refractivity contribution in [2.75, 3.05) is 20.3 Å². The zero-order chi connectivity index (χ0) is 22.0. The molecule has 1 aromatic carbocycles. The molecule has 0 bridgehead atoms. The van der Waals surface area contributed by atoms with Gasteiger partial charge in [-0.05, 0) is 68.4 Å². The monoisotopic (exact) mass is 454 g/mol. The number of rotatable bonds is 7. The van der Waals surface area contributed by atoms with Gasteiger partial charge in [-0.15, -0.1) is 0 Å². The average molecular weight is 455 g/mol. The number of thiocarbonyl (C=S) groups is 1. The number of halogens is 1. The van der Waals surface area contributed by atoms with Crippen LogP contribution in [0.15, 0.2) is 54.7 Å². The molecular weight excluding hydrogens is 428 g/mol. The lowest BCUT2D eigenvalue weighted by atomic mass is 9.96. The van der Waals surface area contributed by atoms with E-state index in [-0.39, 0.29) is 12.1 Å². The number of methoxy groups -OCH3 is 1. The van der Waals surface area contributed by atoms with Crippen molar-refractivity contribution in [2.45, 2.75) is 32.4 Å². The van der Waals surface area contributed by atoms with Gasteiger partial charge < -0.3 is 19.5 Å². The van der Waals surface area contributed by atoms with E-state index in [2.05, 4.69) is 51.8 Å². The summed E-state index contributed by atoms with van der Waals surface area (Å²) in [5, 5.41) is 5.00. The van der Waals surface area contributed by atoms with E-state index >= 15 is 0 Å². The number of pyridine rings is 1. The van der Waals surface area contributed by atoms with Crippen LogP contribution >= 0.6 is 23.8 Å². The molecule has 0 aliphatic carbocycles. The highest BCUT2D eigenvalue weighted by atomic mass is 35.5. The Morgan fingerprint density at radius 1 is 1.16 bits per heavy atom. The molecule has 0 radical (unpaired) electrons. The highest BCUT2D eigenvalue weighted by Crippen LogP contribution is 2.41. The Morgan fingerprint density at radius 2 is 1.94 bits per heavy atom. The van der Waals surface area contributed by atoms with Crippen LogP contribution in [0.2, 0.25) is 5.02 Å². The topological polar surface area (TPSA) is 42.3 Å². The summed E-state index contributed by atoms with van der Waals surface area (Å²) in [4.78, 5) is 6.90. The number of hydrogen-bond donors (Lipinski definition) is 1. The van der Waals surface area contributed by atoms with Crippen LogP contribution < -0.4 is 5.32 Å². The second-order valence-electron chi connectivity index (χ2n) is 7.78. The van der Waals surface area contributed by atoms with Crippen LogP contribution in [0.1, 0.15) is 41.1 Å². The lowest BCUT2D eigenvalue weighted by Gasteiger charge is -2.28. The molecule has 1 fully saturated rings. The van der Waals surface area contributed by atoms with Gasteiger partial charge in [-0.25, -0.2) is 0 Å². The molecule has 1 aliphatic rings. The largest absolute Gasteiger partial charge is 0.385 e. The molecule has 5 nitrogen and oxygen atoms in total. The van der Waals surface area contributed by atoms with Gasteiger partial charge in [0.1, 0.15) is 0 Å². The third kappa shape index (κ3) is 4.20. The standard InChI is InChI=1S/C24H27ClN4OS/c1-16-15-18(17(2)29(16)21-11-5-4-9-19(21)25)23-22(20-10-6-7-12-26-20)27-24(31)28(23)13-8-14-30-3/h4-7,9-12,15,22-23H,8,13-14H2,1-3H3,(H,27,31)/t22-,23-/m0/s1. The van der Waals surface area contributed by atoms with Crippen molar-refractivity contribution in [2.24, 2.45) is 0 Å². The minimum atomic E-state index is -0.0311. The summed E-state index contributed by atoms with van der Waals surface area (Å²) in [6.45, 7) is 5.77. The Bertz CT molecular complexity index is 1070. The third-order valence-electron chi connectivity index (χ3n) is 5.83. The molecule has 0 amide bonds. The summed E-state index contributed by atoms with van der Waals surface area (Å²) in [7, 11) is 1.73. The zero-order valence-electron chi connectivity index (χ0n) is 18.0. The highest BCUT2D eigenvalue weighted by Gasteiger charge is 2.41. The Kier molecular flexibility index (Phi) is 6.60. The van der Waals surface area contributed by atoms with Gasteiger partial charge in [-0.3, -0.25) is 4.98 Å². The molecular formula is C24H27ClN4OS. The summed E-state index contributed by atoms with van der Waals surface area (Å²) in [6.07, 6.45) is 2.73. The fourth-order valence-corrected chi connectivity index (χ4v) is 5.01. The summed E-state index contributed by atoms with van der Waals surface area (Å²) in [5.41, 5.74) is 5.47. The van der Waals surface area contributed by atoms with E-state index in [9.17, 15) is 0 Å². The first-order chi connectivity index (χ1) is 15.0. The van der Waals surface area contributed by atoms with Crippen LogP contribution in [0.25, 0.3) is 5.69 Å². The SMILES string of the molecule is COCCCN1C(=S)N[C@@H](c2ccccn2)[C@@H]1c1cc(C)n(-c2ccccc2Cl)c1C. The fourth-order valence-electron chi connectivity index (χ4n) is 4.45. The first-order valence-electron chi connectivity index (χ1n) is 10.4. The highest BCUT2D eigenvalue weighted by molar-refractivity contribution is 7.80. The number of aromatic nitrogens is 2. The molecule has 3 heterocycles. The van der Waals surface area contributed by atoms with E-state index in [0.29, 0.717) is 6.61 Å². The second kappa shape index (κ2) is 9.39. The van der Waals surface area contributed by atoms with E-state index in [1.807, 2.05) is 36.5 Å². The number of ether oxygens (including phenoxy) is 1. The van der Waals surface area contributed by atoms with Crippen LogP contribution in [0, 0.1) is 13.8 Å². The van der Waals surface area contributed by atoms with Crippen LogP contribution in [-0.2, 0) is 4.74 Å². The van der Waals surface area contributed by atoms with Gasteiger partial charge in [0.2, 0.25) is 0 Å². The summed E-state index contributed by atoms with van der Waals surface area (Å²) in [6, 6.07) is 16.2. The summed E-state index contributed by atoms with van der Waals surface area (Å²) < 4.78 is 7.51. The van der Waals surface area contributed by atoms with Crippen molar-refractivity contribution in [3.05, 3.63) is 82.4 Å². The molecule has 31 heavy (non-hydrogen) atoms. The van der Waals surface area contributed by atoms with Gasteiger partial charge >= 0.3 is 0 Å². The van der Waals surface area contributed by atoms with E-state index in [1.54, 1.807) is 7.11 Å². The molecule has 0 unspecified atom stereocenters. The van der Waals surface area contributed by atoms with E-state index in [0.717, 1.165) is 45.9 Å². The summed E-state index contributed by atoms with van der Waals surface area (Å²) in [5.74, 6) is 0. The van der Waals surface area contributed by atoms with Crippen LogP contribution in [0.3, 0.4) is 0 Å². The third-order valence-corrected chi connectivity index (χ3v) is 6.50. The van der Waals surface area contributed by atoms with Crippen molar-refractivity contribution in [3.8, 4) is 5.69 Å². The summed E-state index contributed by atoms with van der Waals surface area (Å²) >= 11 is 12.3. The van der Waals surface area contributed by atoms with Gasteiger partial charge in [-0.1, -0.05) is 29.8 Å². The molecule has 2 aromatic heterocycles. The Morgan fingerprint density at radius 3 is 2.65 bits per heavy atom. The smallest absolute Gasteiger partial charge is 0.170 e.